The van der Waals surface area contributed by atoms with Gasteiger partial charge in [-0.15, -0.1) is 0 Å². The highest BCUT2D eigenvalue weighted by Crippen LogP contribution is 2.22. The molecule has 0 radical (unpaired) electrons. The molecule has 1 saturated heterocycles. The summed E-state index contributed by atoms with van der Waals surface area (Å²) in [5.74, 6) is 1.47. The Morgan fingerprint density at radius 2 is 1.92 bits per heavy atom. The molecule has 2 aromatic rings. The Labute approximate surface area is 143 Å². The summed E-state index contributed by atoms with van der Waals surface area (Å²) >= 11 is 0. The fourth-order valence-corrected chi connectivity index (χ4v) is 3.78. The molecule has 0 unspecified atom stereocenters. The van der Waals surface area contributed by atoms with Crippen molar-refractivity contribution in [2.75, 3.05) is 26.4 Å². The van der Waals surface area contributed by atoms with Crippen LogP contribution in [0.1, 0.15) is 18.6 Å². The Morgan fingerprint density at radius 3 is 2.54 bits per heavy atom. The van der Waals surface area contributed by atoms with Crippen LogP contribution in [0.3, 0.4) is 0 Å². The lowest BCUT2D eigenvalue weighted by molar-refractivity contribution is 0.156. The number of oxazole rings is 1. The summed E-state index contributed by atoms with van der Waals surface area (Å²) < 4.78 is 30.6. The highest BCUT2D eigenvalue weighted by Gasteiger charge is 2.27. The topological polar surface area (TPSA) is 66.7 Å². The summed E-state index contributed by atoms with van der Waals surface area (Å²) in [6.07, 6.45) is 4.71. The van der Waals surface area contributed by atoms with Crippen LogP contribution in [0.15, 0.2) is 40.9 Å². The molecule has 1 fully saturated rings. The lowest BCUT2D eigenvalue weighted by atomic mass is 10.1. The summed E-state index contributed by atoms with van der Waals surface area (Å²) in [6.45, 7) is 2.41. The van der Waals surface area contributed by atoms with E-state index in [0.717, 1.165) is 37.3 Å². The molecule has 6 nitrogen and oxygen atoms in total. The molecule has 7 heteroatoms. The number of nitrogens with zero attached hydrogens (tertiary/aromatic N) is 3. The normalized spacial score (nSPS) is 17.5. The van der Waals surface area contributed by atoms with Gasteiger partial charge in [-0.3, -0.25) is 4.90 Å². The van der Waals surface area contributed by atoms with E-state index in [9.17, 15) is 8.42 Å². The lowest BCUT2D eigenvalue weighted by Crippen LogP contribution is -2.44. The van der Waals surface area contributed by atoms with E-state index >= 15 is 0 Å². The summed E-state index contributed by atoms with van der Waals surface area (Å²) in [7, 11) is -1.45. The van der Waals surface area contributed by atoms with Gasteiger partial charge in [-0.2, -0.15) is 0 Å². The molecule has 24 heavy (non-hydrogen) atoms. The lowest BCUT2D eigenvalue weighted by Gasteiger charge is -2.35. The van der Waals surface area contributed by atoms with Crippen molar-refractivity contribution in [3.63, 3.8) is 0 Å². The van der Waals surface area contributed by atoms with Gasteiger partial charge in [-0.25, -0.2) is 17.7 Å². The summed E-state index contributed by atoms with van der Waals surface area (Å²) in [5, 5.41) is 0. The fraction of sp³-hybridized carbons (Fsp3) is 0.471. The minimum Gasteiger partial charge on any atom is -0.440 e. The molecule has 0 spiro atoms. The van der Waals surface area contributed by atoms with E-state index in [1.165, 1.54) is 10.6 Å². The maximum absolute atomic E-state index is 11.6. The van der Waals surface area contributed by atoms with E-state index in [1.54, 1.807) is 13.2 Å². The Hall–Kier alpha value is -1.70. The van der Waals surface area contributed by atoms with E-state index in [0.29, 0.717) is 12.4 Å². The Morgan fingerprint density at radius 1 is 1.25 bits per heavy atom. The van der Waals surface area contributed by atoms with Crippen LogP contribution in [0, 0.1) is 0 Å². The first kappa shape index (κ1) is 17.1. The van der Waals surface area contributed by atoms with E-state index in [2.05, 4.69) is 9.88 Å². The van der Waals surface area contributed by atoms with Gasteiger partial charge in [-0.1, -0.05) is 18.2 Å². The van der Waals surface area contributed by atoms with Crippen molar-refractivity contribution in [3.8, 4) is 11.5 Å². The second-order valence-electron chi connectivity index (χ2n) is 6.28. The zero-order valence-electron chi connectivity index (χ0n) is 14.1. The molecule has 3 rings (SSSR count). The summed E-state index contributed by atoms with van der Waals surface area (Å²) in [5.41, 5.74) is 0.970. The van der Waals surface area contributed by atoms with Gasteiger partial charge in [0.05, 0.1) is 19.0 Å². The quantitative estimate of drug-likeness (QED) is 0.828. The molecule has 1 aromatic heterocycles. The number of hydrogen-bond donors (Lipinski definition) is 0. The van der Waals surface area contributed by atoms with Crippen molar-refractivity contribution in [1.82, 2.24) is 14.2 Å². The molecule has 0 aliphatic carbocycles. The standard InChI is InChI=1S/C17H23N3O3S/c1-19(24(2,21)22)15-8-10-20(11-9-15)13-16-12-18-17(23-16)14-6-4-3-5-7-14/h3-7,12,15H,8-11,13H2,1-2H3. The average molecular weight is 349 g/mol. The largest absolute Gasteiger partial charge is 0.440 e. The van der Waals surface area contributed by atoms with Gasteiger partial charge < -0.3 is 4.42 Å². The van der Waals surface area contributed by atoms with Crippen LogP contribution >= 0.6 is 0 Å². The fourth-order valence-electron chi connectivity index (χ4n) is 3.03. The van der Waals surface area contributed by atoms with Gasteiger partial charge in [0.2, 0.25) is 15.9 Å². The van der Waals surface area contributed by atoms with E-state index < -0.39 is 10.0 Å². The van der Waals surface area contributed by atoms with E-state index in [-0.39, 0.29) is 6.04 Å². The highest BCUT2D eigenvalue weighted by molar-refractivity contribution is 7.88. The molecule has 1 aromatic carbocycles. The minimum atomic E-state index is -3.12. The van der Waals surface area contributed by atoms with Crippen LogP contribution in [0.5, 0.6) is 0 Å². The molecule has 130 valence electrons. The van der Waals surface area contributed by atoms with Crippen LogP contribution < -0.4 is 0 Å². The number of sulfonamides is 1. The molecular formula is C17H23N3O3S. The summed E-state index contributed by atoms with van der Waals surface area (Å²) in [6, 6.07) is 9.92. The first-order chi connectivity index (χ1) is 11.4. The smallest absolute Gasteiger partial charge is 0.226 e. The third kappa shape index (κ3) is 4.03. The van der Waals surface area contributed by atoms with Crippen LogP contribution in [0.2, 0.25) is 0 Å². The first-order valence-electron chi connectivity index (χ1n) is 8.09. The van der Waals surface area contributed by atoms with E-state index in [4.69, 9.17) is 4.42 Å². The second-order valence-corrected chi connectivity index (χ2v) is 8.33. The molecule has 1 aliphatic rings. The zero-order chi connectivity index (χ0) is 17.2. The number of likely N-dealkylation sites (tertiary alicyclic amines) is 1. The molecule has 0 bridgehead atoms. The molecule has 0 N–H and O–H groups in total. The zero-order valence-corrected chi connectivity index (χ0v) is 14.9. The molecule has 0 saturated carbocycles. The van der Waals surface area contributed by atoms with Crippen molar-refractivity contribution < 1.29 is 12.8 Å². The van der Waals surface area contributed by atoms with Gasteiger partial charge in [0.25, 0.3) is 0 Å². The van der Waals surface area contributed by atoms with Crippen LogP contribution in [-0.4, -0.2) is 55.0 Å². The summed E-state index contributed by atoms with van der Waals surface area (Å²) in [4.78, 5) is 6.63. The number of rotatable bonds is 5. The van der Waals surface area contributed by atoms with Gasteiger partial charge in [-0.05, 0) is 25.0 Å². The number of piperidine rings is 1. The van der Waals surface area contributed by atoms with Crippen LogP contribution in [0.4, 0.5) is 0 Å². The molecule has 2 heterocycles. The van der Waals surface area contributed by atoms with Crippen molar-refractivity contribution in [2.24, 2.45) is 0 Å². The van der Waals surface area contributed by atoms with Gasteiger partial charge in [0, 0.05) is 31.7 Å². The molecule has 0 atom stereocenters. The third-order valence-corrected chi connectivity index (χ3v) is 5.89. The van der Waals surface area contributed by atoms with Crippen LogP contribution in [-0.2, 0) is 16.6 Å². The van der Waals surface area contributed by atoms with Crippen molar-refractivity contribution in [2.45, 2.75) is 25.4 Å². The highest BCUT2D eigenvalue weighted by atomic mass is 32.2. The average Bonchev–Trinajstić information content (AvgIpc) is 3.03. The maximum Gasteiger partial charge on any atom is 0.226 e. The van der Waals surface area contributed by atoms with Gasteiger partial charge in [0.15, 0.2) is 0 Å². The third-order valence-electron chi connectivity index (χ3n) is 4.55. The molecule has 1 aliphatic heterocycles. The SMILES string of the molecule is CN(C1CCN(Cc2cnc(-c3ccccc3)o2)CC1)S(C)(=O)=O. The Bertz CT molecular complexity index is 765. The van der Waals surface area contributed by atoms with Gasteiger partial charge >= 0.3 is 0 Å². The molecular weight excluding hydrogens is 326 g/mol. The van der Waals surface area contributed by atoms with Crippen molar-refractivity contribution in [3.05, 3.63) is 42.3 Å². The maximum atomic E-state index is 11.6. The van der Waals surface area contributed by atoms with Gasteiger partial charge in [0.1, 0.15) is 5.76 Å². The Balaban J connectivity index is 1.56. The predicted octanol–water partition coefficient (Wildman–Crippen LogP) is 2.20. The first-order valence-corrected chi connectivity index (χ1v) is 9.94. The molecule has 0 amide bonds. The van der Waals surface area contributed by atoms with Crippen molar-refractivity contribution in [1.29, 1.82) is 0 Å². The minimum absolute atomic E-state index is 0.0888. The number of hydrogen-bond acceptors (Lipinski definition) is 5. The number of aromatic nitrogens is 1. The van der Waals surface area contributed by atoms with Crippen molar-refractivity contribution >= 4 is 10.0 Å². The van der Waals surface area contributed by atoms with E-state index in [1.807, 2.05) is 30.3 Å². The predicted molar refractivity (Wildman–Crippen MR) is 92.8 cm³/mol. The number of benzene rings is 1. The Kier molecular flexibility index (Phi) is 5.03. The monoisotopic (exact) mass is 349 g/mol. The van der Waals surface area contributed by atoms with Crippen LogP contribution in [0.25, 0.3) is 11.5 Å². The second kappa shape index (κ2) is 7.04.